The second kappa shape index (κ2) is 7.01. The Morgan fingerprint density at radius 1 is 1.30 bits per heavy atom. The van der Waals surface area contributed by atoms with Gasteiger partial charge in [0, 0.05) is 24.9 Å². The van der Waals surface area contributed by atoms with Crippen molar-refractivity contribution in [1.29, 1.82) is 0 Å². The van der Waals surface area contributed by atoms with E-state index in [4.69, 9.17) is 0 Å². The van der Waals surface area contributed by atoms with E-state index in [1.165, 1.54) is 17.5 Å². The molecular weight excluding hydrogens is 344 g/mol. The van der Waals surface area contributed by atoms with Crippen LogP contribution in [0.1, 0.15) is 36.4 Å². The van der Waals surface area contributed by atoms with Gasteiger partial charge in [-0.3, -0.25) is 4.79 Å². The number of nitrogens with zero attached hydrogens (tertiary/aromatic N) is 6. The van der Waals surface area contributed by atoms with Crippen LogP contribution in [0, 0.1) is 0 Å². The van der Waals surface area contributed by atoms with Crippen LogP contribution in [0.4, 0.5) is 0 Å². The number of aliphatic hydroxyl groups is 1. The number of aliphatic hydroxyl groups excluding tert-OH is 1. The molecule has 0 bridgehead atoms. The fourth-order valence-electron chi connectivity index (χ4n) is 4.77. The van der Waals surface area contributed by atoms with E-state index >= 15 is 0 Å². The summed E-state index contributed by atoms with van der Waals surface area (Å²) in [6.45, 7) is 1.82. The summed E-state index contributed by atoms with van der Waals surface area (Å²) in [5.41, 5.74) is 2.20. The molecule has 4 rings (SSSR count). The summed E-state index contributed by atoms with van der Waals surface area (Å²) >= 11 is 0. The van der Waals surface area contributed by atoms with Crippen LogP contribution in [0.3, 0.4) is 0 Å². The molecule has 27 heavy (non-hydrogen) atoms. The highest BCUT2D eigenvalue weighted by molar-refractivity contribution is 5.76. The number of likely N-dealkylation sites (N-methyl/N-ethyl adjacent to an activating group) is 1. The van der Waals surface area contributed by atoms with Crippen LogP contribution in [-0.2, 0) is 16.8 Å². The van der Waals surface area contributed by atoms with Crippen LogP contribution in [-0.4, -0.2) is 74.3 Å². The second-order valence-corrected chi connectivity index (χ2v) is 7.80. The lowest BCUT2D eigenvalue weighted by atomic mass is 9.72. The Morgan fingerprint density at radius 2 is 2.04 bits per heavy atom. The molecular formula is C19H26N6O2. The average Bonchev–Trinajstić information content (AvgIpc) is 3.27. The van der Waals surface area contributed by atoms with E-state index in [1.54, 1.807) is 4.68 Å². The van der Waals surface area contributed by atoms with Crippen molar-refractivity contribution in [2.24, 2.45) is 0 Å². The summed E-state index contributed by atoms with van der Waals surface area (Å²) < 4.78 is 1.57. The molecule has 1 saturated heterocycles. The molecule has 1 amide bonds. The van der Waals surface area contributed by atoms with Crippen molar-refractivity contribution in [2.45, 2.75) is 43.4 Å². The molecule has 2 aliphatic rings. The molecule has 2 heterocycles. The average molecular weight is 370 g/mol. The number of benzene rings is 1. The third-order valence-electron chi connectivity index (χ3n) is 6.19. The van der Waals surface area contributed by atoms with Crippen LogP contribution >= 0.6 is 0 Å². The maximum Gasteiger partial charge on any atom is 0.224 e. The van der Waals surface area contributed by atoms with Crippen LogP contribution in [0.2, 0.25) is 0 Å². The fourth-order valence-corrected chi connectivity index (χ4v) is 4.77. The summed E-state index contributed by atoms with van der Waals surface area (Å²) in [5.74, 6) is 0.116. The highest BCUT2D eigenvalue weighted by atomic mass is 16.3. The summed E-state index contributed by atoms with van der Waals surface area (Å²) in [4.78, 5) is 16.6. The first-order chi connectivity index (χ1) is 13.0. The van der Waals surface area contributed by atoms with Crippen molar-refractivity contribution in [1.82, 2.24) is 30.0 Å². The molecule has 8 nitrogen and oxygen atoms in total. The summed E-state index contributed by atoms with van der Waals surface area (Å²) in [5, 5.41) is 22.2. The quantitative estimate of drug-likeness (QED) is 0.848. The highest BCUT2D eigenvalue weighted by Crippen LogP contribution is 2.52. The van der Waals surface area contributed by atoms with Gasteiger partial charge in [-0.25, -0.2) is 4.68 Å². The van der Waals surface area contributed by atoms with Gasteiger partial charge < -0.3 is 14.9 Å². The first-order valence-corrected chi connectivity index (χ1v) is 9.45. The number of amides is 1. The first kappa shape index (κ1) is 18.1. The van der Waals surface area contributed by atoms with Crippen molar-refractivity contribution in [2.75, 3.05) is 27.2 Å². The number of hydrogen-bond acceptors (Lipinski definition) is 6. The number of aromatic nitrogens is 4. The lowest BCUT2D eigenvalue weighted by Crippen LogP contribution is -2.50. The van der Waals surface area contributed by atoms with E-state index in [9.17, 15) is 9.90 Å². The highest BCUT2D eigenvalue weighted by Gasteiger charge is 2.53. The van der Waals surface area contributed by atoms with E-state index in [2.05, 4.69) is 38.6 Å². The minimum atomic E-state index is -0.455. The van der Waals surface area contributed by atoms with E-state index in [0.29, 0.717) is 26.1 Å². The molecule has 1 aliphatic carbocycles. The first-order valence-electron chi connectivity index (χ1n) is 9.45. The van der Waals surface area contributed by atoms with Crippen LogP contribution in [0.15, 0.2) is 30.6 Å². The number of fused-ring (bicyclic) bond motifs is 2. The van der Waals surface area contributed by atoms with Crippen molar-refractivity contribution < 1.29 is 9.90 Å². The monoisotopic (exact) mass is 370 g/mol. The second-order valence-electron chi connectivity index (χ2n) is 7.80. The van der Waals surface area contributed by atoms with Gasteiger partial charge in [-0.1, -0.05) is 24.3 Å². The van der Waals surface area contributed by atoms with E-state index in [-0.39, 0.29) is 17.4 Å². The maximum absolute atomic E-state index is 12.6. The maximum atomic E-state index is 12.6. The SMILES string of the molecule is CN(C)[C@@H]1c2ccccc2C2(CCN(C(=O)CCn3cnnn3)CC2)[C@H]1O. The number of carbonyl (C=O) groups is 1. The molecule has 1 spiro atoms. The number of aryl methyl sites for hydroxylation is 1. The lowest BCUT2D eigenvalue weighted by molar-refractivity contribution is -0.134. The number of carbonyl (C=O) groups excluding carboxylic acids is 1. The van der Waals surface area contributed by atoms with Crippen molar-refractivity contribution in [3.63, 3.8) is 0 Å². The molecule has 144 valence electrons. The Hall–Kier alpha value is -2.32. The zero-order valence-electron chi connectivity index (χ0n) is 15.8. The van der Waals surface area contributed by atoms with Gasteiger partial charge in [-0.15, -0.1) is 5.10 Å². The Bertz CT molecular complexity index is 798. The third-order valence-corrected chi connectivity index (χ3v) is 6.19. The van der Waals surface area contributed by atoms with E-state index < -0.39 is 6.10 Å². The van der Waals surface area contributed by atoms with Crippen LogP contribution in [0.5, 0.6) is 0 Å². The molecule has 8 heteroatoms. The van der Waals surface area contributed by atoms with Gasteiger partial charge in [-0.2, -0.15) is 0 Å². The number of likely N-dealkylation sites (tertiary alicyclic amines) is 1. The predicted molar refractivity (Wildman–Crippen MR) is 98.8 cm³/mol. The smallest absolute Gasteiger partial charge is 0.224 e. The van der Waals surface area contributed by atoms with Crippen molar-refractivity contribution >= 4 is 5.91 Å². The van der Waals surface area contributed by atoms with Gasteiger partial charge in [0.25, 0.3) is 0 Å². The standard InChI is InChI=1S/C19H26N6O2/c1-23(2)17-14-5-3-4-6-15(14)19(18(17)27)8-11-24(12-9-19)16(26)7-10-25-13-20-21-22-25/h3-6,13,17-18,27H,7-12H2,1-2H3/t17-,18+/m1/s1. The van der Waals surface area contributed by atoms with Gasteiger partial charge in [0.1, 0.15) is 6.33 Å². The van der Waals surface area contributed by atoms with Crippen molar-refractivity contribution in [3.05, 3.63) is 41.7 Å². The summed E-state index contributed by atoms with van der Waals surface area (Å²) in [6, 6.07) is 8.37. The molecule has 2 atom stereocenters. The van der Waals surface area contributed by atoms with E-state index in [1.807, 2.05) is 25.1 Å². The molecule has 1 N–H and O–H groups in total. The largest absolute Gasteiger partial charge is 0.390 e. The molecule has 1 aliphatic heterocycles. The van der Waals surface area contributed by atoms with Crippen LogP contribution < -0.4 is 0 Å². The molecule has 1 aromatic carbocycles. The molecule has 0 saturated carbocycles. The van der Waals surface area contributed by atoms with Gasteiger partial charge >= 0.3 is 0 Å². The normalized spacial score (nSPS) is 23.8. The predicted octanol–water partition coefficient (Wildman–Crippen LogP) is 0.601. The fraction of sp³-hybridized carbons (Fsp3) is 0.579. The Morgan fingerprint density at radius 3 is 2.70 bits per heavy atom. The molecule has 2 aromatic rings. The minimum absolute atomic E-state index is 0.00302. The zero-order chi connectivity index (χ0) is 19.0. The topological polar surface area (TPSA) is 87.4 Å². The minimum Gasteiger partial charge on any atom is -0.390 e. The van der Waals surface area contributed by atoms with Gasteiger partial charge in [-0.05, 0) is 48.5 Å². The van der Waals surface area contributed by atoms with Gasteiger partial charge in [0.2, 0.25) is 5.91 Å². The molecule has 0 unspecified atom stereocenters. The number of piperidine rings is 1. The Balaban J connectivity index is 1.47. The summed E-state index contributed by atoms with van der Waals surface area (Å²) in [7, 11) is 4.03. The van der Waals surface area contributed by atoms with Crippen molar-refractivity contribution in [3.8, 4) is 0 Å². The zero-order valence-corrected chi connectivity index (χ0v) is 15.8. The Kier molecular flexibility index (Phi) is 4.69. The number of rotatable bonds is 4. The van der Waals surface area contributed by atoms with Crippen LogP contribution in [0.25, 0.3) is 0 Å². The van der Waals surface area contributed by atoms with Gasteiger partial charge in [0.05, 0.1) is 18.7 Å². The Labute approximate surface area is 158 Å². The van der Waals surface area contributed by atoms with Gasteiger partial charge in [0.15, 0.2) is 0 Å². The summed E-state index contributed by atoms with van der Waals surface area (Å²) in [6.07, 6.45) is 3.02. The lowest BCUT2D eigenvalue weighted by Gasteiger charge is -2.43. The molecule has 0 radical (unpaired) electrons. The molecule has 1 fully saturated rings. The molecule has 1 aromatic heterocycles. The number of tetrazole rings is 1. The third kappa shape index (κ3) is 3.02. The van der Waals surface area contributed by atoms with E-state index in [0.717, 1.165) is 12.8 Å². The number of hydrogen-bond donors (Lipinski definition) is 1.